The number of likely N-dealkylation sites (N-methyl/N-ethyl adjacent to an activating group) is 1. The Morgan fingerprint density at radius 2 is 2.44 bits per heavy atom. The fourth-order valence-corrected chi connectivity index (χ4v) is 2.73. The van der Waals surface area contributed by atoms with Gasteiger partial charge < -0.3 is 10.3 Å². The molecular weight excluding hydrogens is 222 g/mol. The topological polar surface area (TPSA) is 57.8 Å². The Hall–Kier alpha value is -0.810. The van der Waals surface area contributed by atoms with Crippen LogP contribution < -0.4 is 10.9 Å². The number of aromatic amines is 1. The lowest BCUT2D eigenvalue weighted by molar-refractivity contribution is 0.587. The van der Waals surface area contributed by atoms with Gasteiger partial charge in [0.25, 0.3) is 5.56 Å². The Labute approximate surface area is 99.3 Å². The molecule has 0 radical (unpaired) electrons. The van der Waals surface area contributed by atoms with E-state index in [4.69, 9.17) is 0 Å². The van der Waals surface area contributed by atoms with Crippen molar-refractivity contribution in [1.82, 2.24) is 15.3 Å². The lowest BCUT2D eigenvalue weighted by Gasteiger charge is -2.15. The summed E-state index contributed by atoms with van der Waals surface area (Å²) in [6, 6.07) is 0.331. The summed E-state index contributed by atoms with van der Waals surface area (Å²) in [5, 5.41) is 3.15. The molecular formula is C11H17N3OS. The highest BCUT2D eigenvalue weighted by atomic mass is 32.2. The molecule has 0 amide bonds. The lowest BCUT2D eigenvalue weighted by Crippen LogP contribution is -2.28. The Morgan fingerprint density at radius 3 is 3.19 bits per heavy atom. The third kappa shape index (κ3) is 2.47. The summed E-state index contributed by atoms with van der Waals surface area (Å²) in [6.45, 7) is 2.08. The van der Waals surface area contributed by atoms with Gasteiger partial charge in [0.05, 0.1) is 5.69 Å². The summed E-state index contributed by atoms with van der Waals surface area (Å²) in [5.41, 5.74) is 1.93. The highest BCUT2D eigenvalue weighted by Gasteiger charge is 2.16. The van der Waals surface area contributed by atoms with Crippen LogP contribution in [0.15, 0.2) is 4.79 Å². The molecule has 16 heavy (non-hydrogen) atoms. The summed E-state index contributed by atoms with van der Waals surface area (Å²) in [6.07, 6.45) is 1.62. The first kappa shape index (κ1) is 11.7. The number of nitrogens with zero attached hydrogens (tertiary/aromatic N) is 1. The van der Waals surface area contributed by atoms with Crippen LogP contribution in [0.1, 0.15) is 24.0 Å². The van der Waals surface area contributed by atoms with Crippen molar-refractivity contribution < 1.29 is 0 Å². The molecule has 0 aliphatic carbocycles. The van der Waals surface area contributed by atoms with Crippen LogP contribution in [-0.2, 0) is 18.6 Å². The fraction of sp³-hybridized carbons (Fsp3) is 0.636. The SMILES string of the molecule is CNC(C)Cc1nc2c(c(=O)[nH]1)CCSC2. The molecule has 0 spiro atoms. The van der Waals surface area contributed by atoms with Crippen LogP contribution in [0.25, 0.3) is 0 Å². The molecule has 1 atom stereocenters. The number of thioether (sulfide) groups is 1. The number of rotatable bonds is 3. The highest BCUT2D eigenvalue weighted by molar-refractivity contribution is 7.98. The molecule has 0 aromatic carbocycles. The van der Waals surface area contributed by atoms with Crippen LogP contribution in [0.5, 0.6) is 0 Å². The standard InChI is InChI=1S/C11H17N3OS/c1-7(12-2)5-10-13-9-6-16-4-3-8(9)11(15)14-10/h7,12H,3-6H2,1-2H3,(H,13,14,15). The van der Waals surface area contributed by atoms with Crippen molar-refractivity contribution in [2.24, 2.45) is 0 Å². The second kappa shape index (κ2) is 5.01. The first-order valence-electron chi connectivity index (χ1n) is 5.56. The average Bonchev–Trinajstić information content (AvgIpc) is 2.29. The molecule has 0 saturated heterocycles. The van der Waals surface area contributed by atoms with E-state index in [0.717, 1.165) is 41.4 Å². The van der Waals surface area contributed by atoms with E-state index in [0.29, 0.717) is 6.04 Å². The van der Waals surface area contributed by atoms with E-state index >= 15 is 0 Å². The summed E-state index contributed by atoms with van der Waals surface area (Å²) in [4.78, 5) is 19.3. The largest absolute Gasteiger partial charge is 0.317 e. The van der Waals surface area contributed by atoms with Gasteiger partial charge in [0.2, 0.25) is 0 Å². The van der Waals surface area contributed by atoms with Gasteiger partial charge >= 0.3 is 0 Å². The van der Waals surface area contributed by atoms with Gasteiger partial charge in [0, 0.05) is 23.8 Å². The maximum Gasteiger partial charge on any atom is 0.254 e. The molecule has 2 heterocycles. The van der Waals surface area contributed by atoms with Gasteiger partial charge in [-0.1, -0.05) is 0 Å². The second-order valence-corrected chi connectivity index (χ2v) is 5.24. The van der Waals surface area contributed by atoms with Crippen LogP contribution in [0.4, 0.5) is 0 Å². The zero-order valence-electron chi connectivity index (χ0n) is 9.67. The Bertz CT molecular complexity index is 430. The van der Waals surface area contributed by atoms with Gasteiger partial charge in [-0.2, -0.15) is 11.8 Å². The number of nitrogens with one attached hydrogen (secondary N) is 2. The van der Waals surface area contributed by atoms with Gasteiger partial charge in [-0.3, -0.25) is 4.79 Å². The van der Waals surface area contributed by atoms with Crippen molar-refractivity contribution in [3.8, 4) is 0 Å². The molecule has 1 unspecified atom stereocenters. The summed E-state index contributed by atoms with van der Waals surface area (Å²) < 4.78 is 0. The van der Waals surface area contributed by atoms with Crippen molar-refractivity contribution in [2.45, 2.75) is 31.6 Å². The van der Waals surface area contributed by atoms with E-state index in [9.17, 15) is 4.79 Å². The molecule has 1 aliphatic rings. The molecule has 1 aromatic rings. The van der Waals surface area contributed by atoms with E-state index in [2.05, 4.69) is 22.2 Å². The average molecular weight is 239 g/mol. The van der Waals surface area contributed by atoms with E-state index in [1.165, 1.54) is 0 Å². The molecule has 0 saturated carbocycles. The van der Waals surface area contributed by atoms with E-state index in [1.54, 1.807) is 0 Å². The maximum absolute atomic E-state index is 11.8. The Morgan fingerprint density at radius 1 is 1.62 bits per heavy atom. The minimum atomic E-state index is 0.0589. The van der Waals surface area contributed by atoms with Gasteiger partial charge in [-0.15, -0.1) is 0 Å². The molecule has 1 aromatic heterocycles. The second-order valence-electron chi connectivity index (χ2n) is 4.13. The van der Waals surface area contributed by atoms with Gasteiger partial charge in [-0.05, 0) is 26.1 Å². The molecule has 4 nitrogen and oxygen atoms in total. The zero-order valence-corrected chi connectivity index (χ0v) is 10.5. The third-order valence-corrected chi connectivity index (χ3v) is 3.85. The molecule has 5 heteroatoms. The number of hydrogen-bond acceptors (Lipinski definition) is 4. The highest BCUT2D eigenvalue weighted by Crippen LogP contribution is 2.20. The van der Waals surface area contributed by atoms with Crippen LogP contribution in [-0.4, -0.2) is 28.8 Å². The van der Waals surface area contributed by atoms with Gasteiger partial charge in [0.15, 0.2) is 0 Å². The number of aromatic nitrogens is 2. The molecule has 2 rings (SSSR count). The van der Waals surface area contributed by atoms with Crippen LogP contribution in [0.3, 0.4) is 0 Å². The molecule has 88 valence electrons. The van der Waals surface area contributed by atoms with Crippen molar-refractivity contribution >= 4 is 11.8 Å². The molecule has 2 N–H and O–H groups in total. The van der Waals surface area contributed by atoms with E-state index in [-0.39, 0.29) is 5.56 Å². The molecule has 0 bridgehead atoms. The van der Waals surface area contributed by atoms with Crippen LogP contribution >= 0.6 is 11.8 Å². The van der Waals surface area contributed by atoms with Crippen LogP contribution in [0.2, 0.25) is 0 Å². The monoisotopic (exact) mass is 239 g/mol. The maximum atomic E-state index is 11.8. The number of hydrogen-bond donors (Lipinski definition) is 2. The summed E-state index contributed by atoms with van der Waals surface area (Å²) in [7, 11) is 1.91. The zero-order chi connectivity index (χ0) is 11.5. The smallest absolute Gasteiger partial charge is 0.254 e. The molecule has 1 aliphatic heterocycles. The molecule has 0 fully saturated rings. The lowest BCUT2D eigenvalue weighted by atomic mass is 10.1. The normalized spacial score (nSPS) is 16.9. The van der Waals surface area contributed by atoms with E-state index < -0.39 is 0 Å². The quantitative estimate of drug-likeness (QED) is 0.815. The van der Waals surface area contributed by atoms with Crippen molar-refractivity contribution in [3.63, 3.8) is 0 Å². The van der Waals surface area contributed by atoms with Crippen molar-refractivity contribution in [2.75, 3.05) is 12.8 Å². The van der Waals surface area contributed by atoms with Gasteiger partial charge in [-0.25, -0.2) is 4.98 Å². The van der Waals surface area contributed by atoms with Crippen LogP contribution in [0, 0.1) is 0 Å². The van der Waals surface area contributed by atoms with Crippen molar-refractivity contribution in [3.05, 3.63) is 27.4 Å². The predicted octanol–water partition coefficient (Wildman–Crippen LogP) is 0.710. The first-order chi connectivity index (χ1) is 7.70. The minimum absolute atomic E-state index is 0.0589. The summed E-state index contributed by atoms with van der Waals surface area (Å²) >= 11 is 1.85. The summed E-state index contributed by atoms with van der Waals surface area (Å²) in [5.74, 6) is 2.71. The third-order valence-electron chi connectivity index (χ3n) is 2.88. The van der Waals surface area contributed by atoms with Crippen molar-refractivity contribution in [1.29, 1.82) is 0 Å². The Kier molecular flexibility index (Phi) is 3.66. The first-order valence-corrected chi connectivity index (χ1v) is 6.72. The van der Waals surface area contributed by atoms with E-state index in [1.807, 2.05) is 18.8 Å². The number of fused-ring (bicyclic) bond motifs is 1. The minimum Gasteiger partial charge on any atom is -0.317 e. The number of H-pyrrole nitrogens is 1. The Balaban J connectivity index is 2.28. The predicted molar refractivity (Wildman–Crippen MR) is 66.9 cm³/mol. The fourth-order valence-electron chi connectivity index (χ4n) is 1.80. The van der Waals surface area contributed by atoms with Gasteiger partial charge in [0.1, 0.15) is 5.82 Å².